The Balaban J connectivity index is 1.61. The SMILES string of the molecule is Oc1ccccc1CN1CCC[C@@H](Nc2cccc(F)c2)C1. The molecule has 1 aliphatic heterocycles. The molecule has 2 aromatic rings. The summed E-state index contributed by atoms with van der Waals surface area (Å²) < 4.78 is 13.3. The number of aromatic hydroxyl groups is 1. The zero-order valence-electron chi connectivity index (χ0n) is 12.5. The van der Waals surface area contributed by atoms with Gasteiger partial charge in [-0.05, 0) is 43.7 Å². The van der Waals surface area contributed by atoms with E-state index >= 15 is 0 Å². The van der Waals surface area contributed by atoms with Crippen molar-refractivity contribution in [1.82, 2.24) is 4.90 Å². The van der Waals surface area contributed by atoms with Crippen LogP contribution in [0.2, 0.25) is 0 Å². The molecule has 1 aliphatic rings. The molecule has 1 atom stereocenters. The maximum Gasteiger partial charge on any atom is 0.125 e. The Kier molecular flexibility index (Phi) is 4.59. The lowest BCUT2D eigenvalue weighted by Gasteiger charge is -2.33. The molecule has 116 valence electrons. The predicted octanol–water partition coefficient (Wildman–Crippen LogP) is 3.61. The molecule has 1 heterocycles. The Bertz CT molecular complexity index is 632. The monoisotopic (exact) mass is 300 g/mol. The summed E-state index contributed by atoms with van der Waals surface area (Å²) in [7, 11) is 0. The van der Waals surface area contributed by atoms with Crippen molar-refractivity contribution >= 4 is 5.69 Å². The number of rotatable bonds is 4. The number of hydrogen-bond donors (Lipinski definition) is 2. The molecule has 2 aromatic carbocycles. The molecule has 0 spiro atoms. The Morgan fingerprint density at radius 3 is 2.86 bits per heavy atom. The van der Waals surface area contributed by atoms with Gasteiger partial charge in [-0.2, -0.15) is 0 Å². The van der Waals surface area contributed by atoms with Gasteiger partial charge in [-0.1, -0.05) is 24.3 Å². The second kappa shape index (κ2) is 6.79. The number of benzene rings is 2. The molecule has 1 fully saturated rings. The molecule has 3 rings (SSSR count). The molecule has 22 heavy (non-hydrogen) atoms. The Hall–Kier alpha value is -2.07. The smallest absolute Gasteiger partial charge is 0.125 e. The zero-order valence-corrected chi connectivity index (χ0v) is 12.5. The lowest BCUT2D eigenvalue weighted by Crippen LogP contribution is -2.41. The van der Waals surface area contributed by atoms with Gasteiger partial charge >= 0.3 is 0 Å². The number of piperidine rings is 1. The third-order valence-electron chi connectivity index (χ3n) is 4.09. The van der Waals surface area contributed by atoms with Gasteiger partial charge in [0.1, 0.15) is 11.6 Å². The number of halogens is 1. The Morgan fingerprint density at radius 1 is 1.18 bits per heavy atom. The molecule has 0 aliphatic carbocycles. The maximum atomic E-state index is 13.3. The number of nitrogens with one attached hydrogen (secondary N) is 1. The first-order valence-electron chi connectivity index (χ1n) is 7.72. The molecular weight excluding hydrogens is 279 g/mol. The van der Waals surface area contributed by atoms with Crippen molar-refractivity contribution in [3.8, 4) is 5.75 Å². The van der Waals surface area contributed by atoms with Crippen LogP contribution in [0.1, 0.15) is 18.4 Å². The molecule has 4 heteroatoms. The molecule has 0 bridgehead atoms. The van der Waals surface area contributed by atoms with Gasteiger partial charge in [0.05, 0.1) is 0 Å². The van der Waals surface area contributed by atoms with Gasteiger partial charge < -0.3 is 10.4 Å². The minimum atomic E-state index is -0.216. The van der Waals surface area contributed by atoms with Crippen LogP contribution in [0.3, 0.4) is 0 Å². The van der Waals surface area contributed by atoms with E-state index in [1.165, 1.54) is 12.1 Å². The topological polar surface area (TPSA) is 35.5 Å². The summed E-state index contributed by atoms with van der Waals surface area (Å²) in [6.07, 6.45) is 2.17. The standard InChI is InChI=1S/C18H21FN2O/c19-15-6-3-7-16(11-15)20-17-8-4-10-21(13-17)12-14-5-1-2-9-18(14)22/h1-3,5-7,9,11,17,20,22H,4,8,10,12-13H2/t17-/m1/s1. The minimum Gasteiger partial charge on any atom is -0.508 e. The summed E-state index contributed by atoms with van der Waals surface area (Å²) in [6.45, 7) is 2.66. The number of hydrogen-bond acceptors (Lipinski definition) is 3. The van der Waals surface area contributed by atoms with E-state index in [-0.39, 0.29) is 5.82 Å². The molecule has 0 unspecified atom stereocenters. The van der Waals surface area contributed by atoms with Crippen LogP contribution >= 0.6 is 0 Å². The van der Waals surface area contributed by atoms with E-state index in [2.05, 4.69) is 10.2 Å². The van der Waals surface area contributed by atoms with Crippen LogP contribution in [0.25, 0.3) is 0 Å². The molecule has 1 saturated heterocycles. The second-order valence-corrected chi connectivity index (χ2v) is 5.86. The fourth-order valence-electron chi connectivity index (χ4n) is 3.02. The fourth-order valence-corrected chi connectivity index (χ4v) is 3.02. The van der Waals surface area contributed by atoms with Crippen LogP contribution in [0.5, 0.6) is 5.75 Å². The highest BCUT2D eigenvalue weighted by atomic mass is 19.1. The summed E-state index contributed by atoms with van der Waals surface area (Å²) in [4.78, 5) is 2.33. The maximum absolute atomic E-state index is 13.3. The Labute approximate surface area is 130 Å². The van der Waals surface area contributed by atoms with E-state index in [9.17, 15) is 9.50 Å². The number of likely N-dealkylation sites (tertiary alicyclic amines) is 1. The molecule has 2 N–H and O–H groups in total. The highest BCUT2D eigenvalue weighted by molar-refractivity contribution is 5.44. The van der Waals surface area contributed by atoms with E-state index in [1.807, 2.05) is 24.3 Å². The third-order valence-corrected chi connectivity index (χ3v) is 4.09. The molecular formula is C18H21FN2O. The Morgan fingerprint density at radius 2 is 2.05 bits per heavy atom. The summed E-state index contributed by atoms with van der Waals surface area (Å²) >= 11 is 0. The molecule has 0 aromatic heterocycles. The highest BCUT2D eigenvalue weighted by Crippen LogP contribution is 2.22. The van der Waals surface area contributed by atoms with Gasteiger partial charge in [0, 0.05) is 30.4 Å². The quantitative estimate of drug-likeness (QED) is 0.905. The molecule has 0 saturated carbocycles. The predicted molar refractivity (Wildman–Crippen MR) is 86.4 cm³/mol. The molecule has 0 amide bonds. The van der Waals surface area contributed by atoms with Gasteiger partial charge in [-0.3, -0.25) is 4.90 Å². The van der Waals surface area contributed by atoms with Gasteiger partial charge in [0.25, 0.3) is 0 Å². The lowest BCUT2D eigenvalue weighted by molar-refractivity contribution is 0.206. The van der Waals surface area contributed by atoms with Crippen LogP contribution in [0, 0.1) is 5.82 Å². The van der Waals surface area contributed by atoms with E-state index in [0.717, 1.165) is 43.7 Å². The van der Waals surface area contributed by atoms with Crippen LogP contribution in [-0.2, 0) is 6.54 Å². The van der Waals surface area contributed by atoms with Crippen molar-refractivity contribution in [2.45, 2.75) is 25.4 Å². The minimum absolute atomic E-state index is 0.216. The van der Waals surface area contributed by atoms with Crippen LogP contribution in [0.15, 0.2) is 48.5 Å². The normalized spacial score (nSPS) is 19.0. The largest absolute Gasteiger partial charge is 0.508 e. The number of phenols is 1. The number of phenolic OH excluding ortho intramolecular Hbond substituents is 1. The van der Waals surface area contributed by atoms with E-state index in [1.54, 1.807) is 12.1 Å². The average Bonchev–Trinajstić information content (AvgIpc) is 2.50. The van der Waals surface area contributed by atoms with Gasteiger partial charge in [0.2, 0.25) is 0 Å². The van der Waals surface area contributed by atoms with Crippen molar-refractivity contribution in [3.63, 3.8) is 0 Å². The first-order chi connectivity index (χ1) is 10.7. The summed E-state index contributed by atoms with van der Waals surface area (Å²) in [5, 5.41) is 13.3. The van der Waals surface area contributed by atoms with Crippen LogP contribution in [-0.4, -0.2) is 29.1 Å². The summed E-state index contributed by atoms with van der Waals surface area (Å²) in [5.41, 5.74) is 1.78. The van der Waals surface area contributed by atoms with Crippen molar-refractivity contribution in [3.05, 3.63) is 59.9 Å². The molecule has 3 nitrogen and oxygen atoms in total. The van der Waals surface area contributed by atoms with Crippen molar-refractivity contribution in [2.75, 3.05) is 18.4 Å². The average molecular weight is 300 g/mol. The van der Waals surface area contributed by atoms with Crippen molar-refractivity contribution < 1.29 is 9.50 Å². The second-order valence-electron chi connectivity index (χ2n) is 5.86. The van der Waals surface area contributed by atoms with Gasteiger partial charge in [-0.25, -0.2) is 4.39 Å². The summed E-state index contributed by atoms with van der Waals surface area (Å²) in [5.74, 6) is 0.134. The van der Waals surface area contributed by atoms with Gasteiger partial charge in [0.15, 0.2) is 0 Å². The zero-order chi connectivity index (χ0) is 15.4. The molecule has 0 radical (unpaired) electrons. The van der Waals surface area contributed by atoms with Crippen molar-refractivity contribution in [2.24, 2.45) is 0 Å². The first kappa shape index (κ1) is 14.9. The number of anilines is 1. The van der Waals surface area contributed by atoms with Crippen LogP contribution < -0.4 is 5.32 Å². The number of nitrogens with zero attached hydrogens (tertiary/aromatic N) is 1. The fraction of sp³-hybridized carbons (Fsp3) is 0.333. The summed E-state index contributed by atoms with van der Waals surface area (Å²) in [6, 6.07) is 14.4. The lowest BCUT2D eigenvalue weighted by atomic mass is 10.0. The van der Waals surface area contributed by atoms with Gasteiger partial charge in [-0.15, -0.1) is 0 Å². The van der Waals surface area contributed by atoms with E-state index in [0.29, 0.717) is 11.8 Å². The van der Waals surface area contributed by atoms with Crippen molar-refractivity contribution in [1.29, 1.82) is 0 Å². The number of para-hydroxylation sites is 1. The van der Waals surface area contributed by atoms with E-state index in [4.69, 9.17) is 0 Å². The van der Waals surface area contributed by atoms with E-state index < -0.39 is 0 Å². The first-order valence-corrected chi connectivity index (χ1v) is 7.72. The van der Waals surface area contributed by atoms with Crippen LogP contribution in [0.4, 0.5) is 10.1 Å². The highest BCUT2D eigenvalue weighted by Gasteiger charge is 2.20. The third kappa shape index (κ3) is 3.77.